The van der Waals surface area contributed by atoms with Crippen molar-refractivity contribution in [3.63, 3.8) is 0 Å². The Bertz CT molecular complexity index is 742. The van der Waals surface area contributed by atoms with Gasteiger partial charge in [0.2, 0.25) is 0 Å². The Morgan fingerprint density at radius 3 is 2.37 bits per heavy atom. The summed E-state index contributed by atoms with van der Waals surface area (Å²) in [6.45, 7) is 7.19. The molecule has 0 aliphatic carbocycles. The van der Waals surface area contributed by atoms with Gasteiger partial charge in [-0.15, -0.1) is 6.58 Å². The number of ether oxygens (including phenoxy) is 1. The van der Waals surface area contributed by atoms with E-state index in [1.807, 2.05) is 0 Å². The first-order valence-electron chi connectivity index (χ1n) is 10.4. The molecule has 0 aromatic heterocycles. The summed E-state index contributed by atoms with van der Waals surface area (Å²) in [5.74, 6) is 0. The first-order chi connectivity index (χ1) is 13.3. The highest BCUT2D eigenvalue weighted by atomic mass is 16.5. The van der Waals surface area contributed by atoms with Gasteiger partial charge in [-0.1, -0.05) is 67.6 Å². The van der Waals surface area contributed by atoms with Crippen LogP contribution in [0.5, 0.6) is 0 Å². The first-order valence-corrected chi connectivity index (χ1v) is 10.4. The molecule has 2 bridgehead atoms. The molecule has 0 saturated carbocycles. The lowest BCUT2D eigenvalue weighted by Gasteiger charge is -2.39. The average Bonchev–Trinajstić information content (AvgIpc) is 2.95. The van der Waals surface area contributed by atoms with Crippen LogP contribution < -0.4 is 0 Å². The van der Waals surface area contributed by atoms with Gasteiger partial charge in [0.05, 0.1) is 6.10 Å². The molecule has 2 aliphatic rings. The molecule has 2 aromatic carbocycles. The van der Waals surface area contributed by atoms with Crippen molar-refractivity contribution in [3.05, 3.63) is 83.9 Å². The first kappa shape index (κ1) is 18.5. The second-order valence-corrected chi connectivity index (χ2v) is 7.94. The molecule has 2 heterocycles. The third-order valence-electron chi connectivity index (χ3n) is 6.33. The summed E-state index contributed by atoms with van der Waals surface area (Å²) in [5.41, 5.74) is 3.98. The number of hydrogen-bond donors (Lipinski definition) is 0. The van der Waals surface area contributed by atoms with Crippen molar-refractivity contribution in [1.82, 2.24) is 4.90 Å². The van der Waals surface area contributed by atoms with Gasteiger partial charge in [0, 0.05) is 18.6 Å². The lowest BCUT2D eigenvalue weighted by atomic mass is 9.94. The zero-order valence-corrected chi connectivity index (χ0v) is 16.4. The van der Waals surface area contributed by atoms with E-state index >= 15 is 0 Å². The van der Waals surface area contributed by atoms with E-state index in [9.17, 15) is 0 Å². The molecule has 2 heteroatoms. The highest BCUT2D eigenvalue weighted by molar-refractivity contribution is 5.36. The van der Waals surface area contributed by atoms with Crippen LogP contribution in [0.2, 0.25) is 0 Å². The van der Waals surface area contributed by atoms with Crippen molar-refractivity contribution in [2.45, 2.75) is 63.3 Å². The summed E-state index contributed by atoms with van der Waals surface area (Å²) in [4.78, 5) is 2.64. The molecule has 0 radical (unpaired) electrons. The van der Waals surface area contributed by atoms with Crippen LogP contribution in [0.4, 0.5) is 0 Å². The number of piperidine rings is 1. The van der Waals surface area contributed by atoms with Crippen LogP contribution in [-0.4, -0.2) is 29.6 Å². The molecule has 0 amide bonds. The molecule has 27 heavy (non-hydrogen) atoms. The van der Waals surface area contributed by atoms with Crippen molar-refractivity contribution in [2.75, 3.05) is 6.54 Å². The average molecular weight is 362 g/mol. The summed E-state index contributed by atoms with van der Waals surface area (Å²) in [7, 11) is 0. The number of benzene rings is 2. The molecule has 2 unspecified atom stereocenters. The highest BCUT2D eigenvalue weighted by Gasteiger charge is 2.41. The van der Waals surface area contributed by atoms with Gasteiger partial charge in [0.1, 0.15) is 6.10 Å². The zero-order chi connectivity index (χ0) is 18.6. The van der Waals surface area contributed by atoms with Crippen LogP contribution in [0.1, 0.15) is 55.4 Å². The van der Waals surface area contributed by atoms with Gasteiger partial charge in [-0.25, -0.2) is 0 Å². The molecule has 2 fully saturated rings. The second kappa shape index (κ2) is 8.41. The van der Waals surface area contributed by atoms with Gasteiger partial charge in [-0.05, 0) is 48.8 Å². The normalized spacial score (nSPS) is 26.0. The molecule has 2 saturated heterocycles. The van der Waals surface area contributed by atoms with Gasteiger partial charge in [0.15, 0.2) is 0 Å². The summed E-state index contributed by atoms with van der Waals surface area (Å²) >= 11 is 0. The number of aryl methyl sites for hydroxylation is 1. The SMILES string of the molecule is C=CCN1[C@@H]2CC[C@H]1CC(OC(c1ccccc1)c1ccccc1CC)C2. The maximum atomic E-state index is 6.86. The van der Waals surface area contributed by atoms with E-state index in [-0.39, 0.29) is 6.10 Å². The molecular weight excluding hydrogens is 330 g/mol. The molecule has 2 aliphatic heterocycles. The van der Waals surface area contributed by atoms with E-state index in [1.165, 1.54) is 29.5 Å². The minimum Gasteiger partial charge on any atom is -0.365 e. The van der Waals surface area contributed by atoms with Crippen LogP contribution in [0.15, 0.2) is 67.3 Å². The van der Waals surface area contributed by atoms with Gasteiger partial charge in [-0.3, -0.25) is 4.90 Å². The van der Waals surface area contributed by atoms with Gasteiger partial charge in [0.25, 0.3) is 0 Å². The highest BCUT2D eigenvalue weighted by Crippen LogP contribution is 2.40. The summed E-state index contributed by atoms with van der Waals surface area (Å²) in [6.07, 6.45) is 8.34. The fourth-order valence-electron chi connectivity index (χ4n) is 5.05. The van der Waals surface area contributed by atoms with Crippen LogP contribution in [0.25, 0.3) is 0 Å². The van der Waals surface area contributed by atoms with Crippen LogP contribution in [0.3, 0.4) is 0 Å². The van der Waals surface area contributed by atoms with E-state index in [2.05, 4.69) is 79.1 Å². The molecule has 0 N–H and O–H groups in total. The third-order valence-corrected chi connectivity index (χ3v) is 6.33. The van der Waals surface area contributed by atoms with Gasteiger partial charge >= 0.3 is 0 Å². The quantitative estimate of drug-likeness (QED) is 0.601. The Morgan fingerprint density at radius 1 is 1.04 bits per heavy atom. The molecule has 0 spiro atoms. The summed E-state index contributed by atoms with van der Waals surface area (Å²) < 4.78 is 6.86. The Labute approximate surface area is 163 Å². The number of rotatable bonds is 7. The van der Waals surface area contributed by atoms with Crippen LogP contribution >= 0.6 is 0 Å². The van der Waals surface area contributed by atoms with Crippen molar-refractivity contribution < 1.29 is 4.74 Å². The smallest absolute Gasteiger partial charge is 0.108 e. The number of fused-ring (bicyclic) bond motifs is 2. The molecule has 142 valence electrons. The van der Waals surface area contributed by atoms with Crippen LogP contribution in [0, 0.1) is 0 Å². The van der Waals surface area contributed by atoms with Crippen molar-refractivity contribution in [2.24, 2.45) is 0 Å². The molecule has 2 aromatic rings. The Kier molecular flexibility index (Phi) is 5.75. The Hall–Kier alpha value is -1.90. The van der Waals surface area contributed by atoms with E-state index in [1.54, 1.807) is 0 Å². The Balaban J connectivity index is 1.59. The second-order valence-electron chi connectivity index (χ2n) is 7.94. The van der Waals surface area contributed by atoms with Gasteiger partial charge < -0.3 is 4.74 Å². The van der Waals surface area contributed by atoms with Crippen molar-refractivity contribution in [1.29, 1.82) is 0 Å². The summed E-state index contributed by atoms with van der Waals surface area (Å²) in [6, 6.07) is 20.8. The molecule has 4 rings (SSSR count). The van der Waals surface area contributed by atoms with E-state index in [4.69, 9.17) is 4.74 Å². The minimum atomic E-state index is 0.0257. The molecule has 4 atom stereocenters. The largest absolute Gasteiger partial charge is 0.365 e. The maximum Gasteiger partial charge on any atom is 0.108 e. The number of nitrogens with zero attached hydrogens (tertiary/aromatic N) is 1. The predicted octanol–water partition coefficient (Wildman–Crippen LogP) is 5.54. The molecular formula is C25H31NO. The predicted molar refractivity (Wildman–Crippen MR) is 112 cm³/mol. The topological polar surface area (TPSA) is 12.5 Å². The zero-order valence-electron chi connectivity index (χ0n) is 16.4. The summed E-state index contributed by atoms with van der Waals surface area (Å²) in [5, 5.41) is 0. The number of hydrogen-bond acceptors (Lipinski definition) is 2. The van der Waals surface area contributed by atoms with E-state index < -0.39 is 0 Å². The minimum absolute atomic E-state index is 0.0257. The monoisotopic (exact) mass is 361 g/mol. The Morgan fingerprint density at radius 2 is 1.70 bits per heavy atom. The van der Waals surface area contributed by atoms with Gasteiger partial charge in [-0.2, -0.15) is 0 Å². The van der Waals surface area contributed by atoms with Crippen LogP contribution in [-0.2, 0) is 11.2 Å². The fourth-order valence-corrected chi connectivity index (χ4v) is 5.05. The fraction of sp³-hybridized carbons (Fsp3) is 0.440. The standard InChI is InChI=1S/C25H31NO/c1-3-16-26-21-14-15-22(26)18-23(17-21)27-25(20-11-6-5-7-12-20)24-13-9-8-10-19(24)4-2/h3,5-13,21-23,25H,1,4,14-18H2,2H3/t21-,22+,23?,25?. The lowest BCUT2D eigenvalue weighted by molar-refractivity contribution is -0.0459. The third kappa shape index (κ3) is 3.88. The molecule has 2 nitrogen and oxygen atoms in total. The maximum absolute atomic E-state index is 6.86. The van der Waals surface area contributed by atoms with Crippen molar-refractivity contribution in [3.8, 4) is 0 Å². The van der Waals surface area contributed by atoms with E-state index in [0.29, 0.717) is 18.2 Å². The lowest BCUT2D eigenvalue weighted by Crippen LogP contribution is -2.45. The van der Waals surface area contributed by atoms with E-state index in [0.717, 1.165) is 25.8 Å². The van der Waals surface area contributed by atoms with Crippen molar-refractivity contribution >= 4 is 0 Å².